The lowest BCUT2D eigenvalue weighted by atomic mass is 10.0. The normalized spacial score (nSPS) is 13.3. The van der Waals surface area contributed by atoms with Crippen molar-refractivity contribution in [1.29, 1.82) is 0 Å². The van der Waals surface area contributed by atoms with Crippen molar-refractivity contribution in [3.63, 3.8) is 0 Å². The van der Waals surface area contributed by atoms with E-state index in [0.717, 1.165) is 28.1 Å². The molecule has 1 aliphatic heterocycles. The average Bonchev–Trinajstić information content (AvgIpc) is 3.32. The third kappa shape index (κ3) is 4.28. The Hall–Kier alpha value is -4.39. The number of primary amides is 1. The molecule has 1 aliphatic rings. The highest BCUT2D eigenvalue weighted by Crippen LogP contribution is 2.32. The number of H-pyrrole nitrogens is 1. The number of hydrogen-bond acceptors (Lipinski definition) is 4. The molecule has 0 bridgehead atoms. The number of carbonyl (C=O) groups is 2. The Labute approximate surface area is 197 Å². The summed E-state index contributed by atoms with van der Waals surface area (Å²) >= 11 is 0. The van der Waals surface area contributed by atoms with Crippen LogP contribution in [0, 0.1) is 0 Å². The summed E-state index contributed by atoms with van der Waals surface area (Å²) in [5.41, 5.74) is 11.4. The first kappa shape index (κ1) is 21.5. The summed E-state index contributed by atoms with van der Waals surface area (Å²) in [4.78, 5) is 36.9. The van der Waals surface area contributed by atoms with Gasteiger partial charge in [0.1, 0.15) is 0 Å². The molecule has 0 radical (unpaired) electrons. The van der Waals surface area contributed by atoms with Crippen LogP contribution in [0.5, 0.6) is 0 Å². The van der Waals surface area contributed by atoms with Gasteiger partial charge >= 0.3 is 0 Å². The van der Waals surface area contributed by atoms with Gasteiger partial charge in [-0.25, -0.2) is 4.98 Å². The van der Waals surface area contributed by atoms with Gasteiger partial charge in [-0.15, -0.1) is 0 Å². The molecular weight excluding hydrogens is 426 g/mol. The molecule has 5 rings (SSSR count). The Kier molecular flexibility index (Phi) is 5.82. The summed E-state index contributed by atoms with van der Waals surface area (Å²) in [7, 11) is 0. The molecule has 0 atom stereocenters. The third-order valence-electron chi connectivity index (χ3n) is 6.15. The molecule has 0 saturated carbocycles. The van der Waals surface area contributed by atoms with Gasteiger partial charge in [0.15, 0.2) is 0 Å². The predicted molar refractivity (Wildman–Crippen MR) is 131 cm³/mol. The van der Waals surface area contributed by atoms with Crippen LogP contribution in [0.1, 0.15) is 32.0 Å². The van der Waals surface area contributed by atoms with Crippen molar-refractivity contribution >= 4 is 17.5 Å². The van der Waals surface area contributed by atoms with E-state index in [1.165, 1.54) is 0 Å². The van der Waals surface area contributed by atoms with Gasteiger partial charge in [-0.3, -0.25) is 9.59 Å². The molecule has 0 saturated heterocycles. The summed E-state index contributed by atoms with van der Waals surface area (Å²) < 4.78 is 0. The van der Waals surface area contributed by atoms with E-state index in [-0.39, 0.29) is 11.5 Å². The smallest absolute Gasteiger partial charge is 0.255 e. The second-order valence-electron chi connectivity index (χ2n) is 8.33. The van der Waals surface area contributed by atoms with Crippen LogP contribution in [0.4, 0.5) is 5.69 Å². The zero-order valence-electron chi connectivity index (χ0n) is 18.6. The third-order valence-corrected chi connectivity index (χ3v) is 6.15. The average molecular weight is 452 g/mol. The largest absolute Gasteiger partial charge is 0.366 e. The number of aromatic nitrogens is 2. The second-order valence-corrected chi connectivity index (χ2v) is 8.33. The molecule has 3 aromatic carbocycles. The number of imidazole rings is 1. The molecule has 7 heteroatoms. The summed E-state index contributed by atoms with van der Waals surface area (Å²) in [6, 6.07) is 23.3. The van der Waals surface area contributed by atoms with Crippen LogP contribution in [0.15, 0.2) is 85.3 Å². The Morgan fingerprint density at radius 1 is 0.912 bits per heavy atom. The van der Waals surface area contributed by atoms with Gasteiger partial charge in [-0.1, -0.05) is 48.5 Å². The summed E-state index contributed by atoms with van der Waals surface area (Å²) in [5.74, 6) is -0.808. The van der Waals surface area contributed by atoms with Crippen LogP contribution in [0.2, 0.25) is 0 Å². The maximum absolute atomic E-state index is 13.5. The Morgan fingerprint density at radius 2 is 1.68 bits per heavy atom. The number of rotatable bonds is 5. The Balaban J connectivity index is 1.53. The first-order valence-electron chi connectivity index (χ1n) is 11.2. The lowest BCUT2D eigenvalue weighted by Gasteiger charge is -2.24. The fraction of sp³-hybridized carbons (Fsp3) is 0.148. The minimum Gasteiger partial charge on any atom is -0.366 e. The summed E-state index contributed by atoms with van der Waals surface area (Å²) in [6.45, 7) is 2.20. The molecule has 2 heterocycles. The SMILES string of the molecule is NC(=O)c1ccccc1C(=O)N1CCN(Cc2c[nH]cn2)c2ccc(-c3ccccc3)cc2C1. The number of anilines is 1. The van der Waals surface area contributed by atoms with E-state index in [1.54, 1.807) is 35.5 Å². The van der Waals surface area contributed by atoms with Crippen molar-refractivity contribution in [1.82, 2.24) is 14.9 Å². The zero-order valence-corrected chi connectivity index (χ0v) is 18.6. The van der Waals surface area contributed by atoms with Crippen LogP contribution in [0.25, 0.3) is 11.1 Å². The maximum atomic E-state index is 13.5. The quantitative estimate of drug-likeness (QED) is 0.482. The zero-order chi connectivity index (χ0) is 23.5. The van der Waals surface area contributed by atoms with Gasteiger partial charge in [0, 0.05) is 31.5 Å². The predicted octanol–water partition coefficient (Wildman–Crippen LogP) is 3.84. The van der Waals surface area contributed by atoms with Crippen LogP contribution < -0.4 is 10.6 Å². The van der Waals surface area contributed by atoms with Crippen LogP contribution in [-0.4, -0.2) is 39.8 Å². The minimum absolute atomic E-state index is 0.202. The number of nitrogens with one attached hydrogen (secondary N) is 1. The van der Waals surface area contributed by atoms with Crippen LogP contribution >= 0.6 is 0 Å². The molecule has 1 aromatic heterocycles. The molecule has 7 nitrogen and oxygen atoms in total. The molecule has 170 valence electrons. The molecule has 2 amide bonds. The Bertz CT molecular complexity index is 1320. The van der Waals surface area contributed by atoms with Crippen molar-refractivity contribution in [2.75, 3.05) is 18.0 Å². The number of carbonyl (C=O) groups excluding carboxylic acids is 2. The molecule has 4 aromatic rings. The molecular formula is C27H25N5O2. The molecule has 0 fully saturated rings. The fourth-order valence-corrected chi connectivity index (χ4v) is 4.44. The first-order chi connectivity index (χ1) is 16.6. The summed E-state index contributed by atoms with van der Waals surface area (Å²) in [6.07, 6.45) is 3.55. The molecule has 0 spiro atoms. The van der Waals surface area contributed by atoms with E-state index < -0.39 is 5.91 Å². The molecule has 0 unspecified atom stereocenters. The van der Waals surface area contributed by atoms with E-state index in [2.05, 4.69) is 45.2 Å². The van der Waals surface area contributed by atoms with Crippen molar-refractivity contribution in [2.24, 2.45) is 5.73 Å². The highest BCUT2D eigenvalue weighted by atomic mass is 16.2. The van der Waals surface area contributed by atoms with Crippen LogP contribution in [0.3, 0.4) is 0 Å². The Morgan fingerprint density at radius 3 is 2.41 bits per heavy atom. The number of fused-ring (bicyclic) bond motifs is 1. The van der Waals surface area contributed by atoms with Crippen molar-refractivity contribution in [3.8, 4) is 11.1 Å². The van der Waals surface area contributed by atoms with Crippen molar-refractivity contribution in [3.05, 3.63) is 108 Å². The van der Waals surface area contributed by atoms with Gasteiger partial charge in [0.25, 0.3) is 5.91 Å². The number of hydrogen-bond donors (Lipinski definition) is 2. The van der Waals surface area contributed by atoms with Gasteiger partial charge in [0.2, 0.25) is 5.91 Å². The van der Waals surface area contributed by atoms with Crippen molar-refractivity contribution in [2.45, 2.75) is 13.1 Å². The number of aromatic amines is 1. The molecule has 34 heavy (non-hydrogen) atoms. The van der Waals surface area contributed by atoms with E-state index in [4.69, 9.17) is 5.73 Å². The lowest BCUT2D eigenvalue weighted by molar-refractivity contribution is 0.0746. The highest BCUT2D eigenvalue weighted by Gasteiger charge is 2.26. The van der Waals surface area contributed by atoms with E-state index >= 15 is 0 Å². The van der Waals surface area contributed by atoms with E-state index in [0.29, 0.717) is 31.7 Å². The number of nitrogens with two attached hydrogens (primary N) is 1. The number of nitrogens with zero attached hydrogens (tertiary/aromatic N) is 3. The van der Waals surface area contributed by atoms with E-state index in [1.807, 2.05) is 24.4 Å². The van der Waals surface area contributed by atoms with Crippen molar-refractivity contribution < 1.29 is 9.59 Å². The van der Waals surface area contributed by atoms with Gasteiger partial charge in [0.05, 0.1) is 29.7 Å². The van der Waals surface area contributed by atoms with Crippen LogP contribution in [-0.2, 0) is 13.1 Å². The number of benzene rings is 3. The standard InChI is InChI=1S/C27H25N5O2/c28-26(33)23-8-4-5-9-24(23)27(34)32-13-12-31(17-22-15-29-18-30-22)25-11-10-20(14-21(25)16-32)19-6-2-1-3-7-19/h1-11,14-15,18H,12-13,16-17H2,(H2,28,33)(H,29,30). The summed E-state index contributed by atoms with van der Waals surface area (Å²) in [5, 5.41) is 0. The van der Waals surface area contributed by atoms with E-state index in [9.17, 15) is 9.59 Å². The van der Waals surface area contributed by atoms with Gasteiger partial charge in [-0.05, 0) is 41.0 Å². The highest BCUT2D eigenvalue weighted by molar-refractivity contribution is 6.06. The van der Waals surface area contributed by atoms with Gasteiger partial charge < -0.3 is 20.5 Å². The second kappa shape index (κ2) is 9.23. The first-order valence-corrected chi connectivity index (χ1v) is 11.2. The monoisotopic (exact) mass is 451 g/mol. The fourth-order valence-electron chi connectivity index (χ4n) is 4.44. The molecule has 0 aliphatic carbocycles. The molecule has 3 N–H and O–H groups in total. The maximum Gasteiger partial charge on any atom is 0.255 e. The lowest BCUT2D eigenvalue weighted by Crippen LogP contribution is -2.36. The van der Waals surface area contributed by atoms with Gasteiger partial charge in [-0.2, -0.15) is 0 Å². The minimum atomic E-state index is -0.606. The topological polar surface area (TPSA) is 95.3 Å². The number of amides is 2.